The zero-order chi connectivity index (χ0) is 13.1. The molecule has 0 aliphatic rings. The summed E-state index contributed by atoms with van der Waals surface area (Å²) >= 11 is 0. The molecule has 1 heterocycles. The van der Waals surface area contributed by atoms with Crippen LogP contribution in [0.5, 0.6) is 0 Å². The van der Waals surface area contributed by atoms with E-state index in [1.54, 1.807) is 18.2 Å². The lowest BCUT2D eigenvalue weighted by Crippen LogP contribution is -2.15. The summed E-state index contributed by atoms with van der Waals surface area (Å²) in [5.74, 6) is -0.767. The van der Waals surface area contributed by atoms with E-state index in [-0.39, 0.29) is 12.4 Å². The van der Waals surface area contributed by atoms with Gasteiger partial charge in [0.1, 0.15) is 5.52 Å². The third-order valence-electron chi connectivity index (χ3n) is 2.71. The Bertz CT molecular complexity index is 627. The molecule has 0 aliphatic heterocycles. The van der Waals surface area contributed by atoms with Crippen molar-refractivity contribution in [3.8, 4) is 0 Å². The number of anilines is 1. The predicted molar refractivity (Wildman–Crippen MR) is 66.1 cm³/mol. The minimum Gasteiger partial charge on any atom is -0.469 e. The SMILES string of the molecule is COC(=O)CCCn1c(=O)oc2cccc(N)c21. The molecule has 96 valence electrons. The second-order valence-electron chi connectivity index (χ2n) is 3.89. The molecule has 0 fully saturated rings. The maximum atomic E-state index is 11.7. The Morgan fingerprint density at radius 2 is 2.28 bits per heavy atom. The first-order chi connectivity index (χ1) is 8.63. The first-order valence-corrected chi connectivity index (χ1v) is 5.58. The van der Waals surface area contributed by atoms with E-state index >= 15 is 0 Å². The molecule has 2 aromatic rings. The number of aromatic nitrogens is 1. The fourth-order valence-corrected chi connectivity index (χ4v) is 1.84. The van der Waals surface area contributed by atoms with Crippen LogP contribution in [0.25, 0.3) is 11.1 Å². The van der Waals surface area contributed by atoms with Gasteiger partial charge in [-0.3, -0.25) is 9.36 Å². The Labute approximate surface area is 103 Å². The second kappa shape index (κ2) is 4.95. The van der Waals surface area contributed by atoms with E-state index in [1.165, 1.54) is 11.7 Å². The third kappa shape index (κ3) is 2.22. The summed E-state index contributed by atoms with van der Waals surface area (Å²) in [6.07, 6.45) is 0.748. The molecule has 0 unspecified atom stereocenters. The minimum absolute atomic E-state index is 0.252. The van der Waals surface area contributed by atoms with Crippen LogP contribution in [0.3, 0.4) is 0 Å². The molecule has 0 aliphatic carbocycles. The molecule has 1 aromatic carbocycles. The normalized spacial score (nSPS) is 10.7. The number of para-hydroxylation sites is 1. The number of fused-ring (bicyclic) bond motifs is 1. The number of benzene rings is 1. The largest absolute Gasteiger partial charge is 0.469 e. The van der Waals surface area contributed by atoms with Crippen molar-refractivity contribution in [3.05, 3.63) is 28.7 Å². The molecule has 2 rings (SSSR count). The van der Waals surface area contributed by atoms with Crippen LogP contribution in [0, 0.1) is 0 Å². The number of hydrogen-bond acceptors (Lipinski definition) is 5. The van der Waals surface area contributed by atoms with Gasteiger partial charge in [0.2, 0.25) is 0 Å². The minimum atomic E-state index is -0.465. The van der Waals surface area contributed by atoms with Gasteiger partial charge in [0.05, 0.1) is 12.8 Å². The van der Waals surface area contributed by atoms with Gasteiger partial charge in [0.25, 0.3) is 0 Å². The van der Waals surface area contributed by atoms with E-state index in [0.717, 1.165) is 0 Å². The number of nitrogens with zero attached hydrogens (tertiary/aromatic N) is 1. The highest BCUT2D eigenvalue weighted by Gasteiger charge is 2.11. The summed E-state index contributed by atoms with van der Waals surface area (Å²) in [6, 6.07) is 5.11. The van der Waals surface area contributed by atoms with Gasteiger partial charge in [-0.05, 0) is 18.6 Å². The Kier molecular flexibility index (Phi) is 3.36. The molecule has 0 saturated carbocycles. The van der Waals surface area contributed by atoms with Crippen LogP contribution in [0.15, 0.2) is 27.4 Å². The maximum Gasteiger partial charge on any atom is 0.420 e. The van der Waals surface area contributed by atoms with Crippen molar-refractivity contribution < 1.29 is 13.9 Å². The van der Waals surface area contributed by atoms with E-state index in [2.05, 4.69) is 4.74 Å². The van der Waals surface area contributed by atoms with Gasteiger partial charge in [-0.1, -0.05) is 6.07 Å². The van der Waals surface area contributed by atoms with Crippen LogP contribution in [0.4, 0.5) is 5.69 Å². The van der Waals surface area contributed by atoms with E-state index in [0.29, 0.717) is 29.8 Å². The molecule has 0 saturated heterocycles. The van der Waals surface area contributed by atoms with Crippen molar-refractivity contribution in [2.24, 2.45) is 0 Å². The van der Waals surface area contributed by atoms with Crippen LogP contribution in [-0.4, -0.2) is 17.6 Å². The van der Waals surface area contributed by atoms with Gasteiger partial charge in [-0.15, -0.1) is 0 Å². The van der Waals surface area contributed by atoms with Gasteiger partial charge in [0.15, 0.2) is 5.58 Å². The summed E-state index contributed by atoms with van der Waals surface area (Å²) in [5, 5.41) is 0. The number of ether oxygens (including phenoxy) is 1. The molecule has 0 amide bonds. The summed E-state index contributed by atoms with van der Waals surface area (Å²) in [7, 11) is 1.33. The first kappa shape index (κ1) is 12.2. The van der Waals surface area contributed by atoms with Gasteiger partial charge in [0, 0.05) is 13.0 Å². The van der Waals surface area contributed by atoms with E-state index in [1.807, 2.05) is 0 Å². The molecule has 1 aromatic heterocycles. The van der Waals surface area contributed by atoms with Crippen LogP contribution in [-0.2, 0) is 16.1 Å². The Hall–Kier alpha value is -2.24. The highest BCUT2D eigenvalue weighted by molar-refractivity contribution is 5.85. The molecule has 0 bridgehead atoms. The summed E-state index contributed by atoms with van der Waals surface area (Å²) in [4.78, 5) is 22.7. The summed E-state index contributed by atoms with van der Waals surface area (Å²) < 4.78 is 11.0. The number of carbonyl (C=O) groups excluding carboxylic acids is 1. The lowest BCUT2D eigenvalue weighted by molar-refractivity contribution is -0.140. The van der Waals surface area contributed by atoms with Crippen LogP contribution in [0.1, 0.15) is 12.8 Å². The van der Waals surface area contributed by atoms with Crippen molar-refractivity contribution in [3.63, 3.8) is 0 Å². The quantitative estimate of drug-likeness (QED) is 0.649. The number of nitrogens with two attached hydrogens (primary N) is 1. The first-order valence-electron chi connectivity index (χ1n) is 5.58. The number of carbonyl (C=O) groups is 1. The monoisotopic (exact) mass is 250 g/mol. The van der Waals surface area contributed by atoms with Crippen molar-refractivity contribution in [2.75, 3.05) is 12.8 Å². The fourth-order valence-electron chi connectivity index (χ4n) is 1.84. The van der Waals surface area contributed by atoms with Gasteiger partial charge in [-0.2, -0.15) is 0 Å². The molecular formula is C12H14N2O4. The summed E-state index contributed by atoms with van der Waals surface area (Å²) in [6.45, 7) is 0.370. The van der Waals surface area contributed by atoms with Crippen LogP contribution >= 0.6 is 0 Å². The summed E-state index contributed by atoms with van der Waals surface area (Å²) in [5.41, 5.74) is 7.33. The Morgan fingerprint density at radius 3 is 3.00 bits per heavy atom. The predicted octanol–water partition coefficient (Wildman–Crippen LogP) is 1.13. The average Bonchev–Trinajstić information content (AvgIpc) is 2.67. The van der Waals surface area contributed by atoms with Crippen molar-refractivity contribution in [1.82, 2.24) is 4.57 Å². The molecule has 2 N–H and O–H groups in total. The molecule has 0 radical (unpaired) electrons. The fraction of sp³-hybridized carbons (Fsp3) is 0.333. The van der Waals surface area contributed by atoms with E-state index in [9.17, 15) is 9.59 Å². The Balaban J connectivity index is 2.25. The maximum absolute atomic E-state index is 11.7. The average molecular weight is 250 g/mol. The molecule has 0 atom stereocenters. The number of nitrogen functional groups attached to an aromatic ring is 1. The number of oxazole rings is 1. The van der Waals surface area contributed by atoms with Crippen LogP contribution in [0.2, 0.25) is 0 Å². The highest BCUT2D eigenvalue weighted by Crippen LogP contribution is 2.19. The topological polar surface area (TPSA) is 87.5 Å². The van der Waals surface area contributed by atoms with Gasteiger partial charge in [-0.25, -0.2) is 4.79 Å². The standard InChI is InChI=1S/C12H14N2O4/c1-17-10(15)6-3-7-14-11-8(13)4-2-5-9(11)18-12(14)16/h2,4-5H,3,6-7,13H2,1H3. The molecule has 18 heavy (non-hydrogen) atoms. The number of aryl methyl sites for hydroxylation is 1. The van der Waals surface area contributed by atoms with Crippen molar-refractivity contribution in [1.29, 1.82) is 0 Å². The lowest BCUT2D eigenvalue weighted by atomic mass is 10.2. The highest BCUT2D eigenvalue weighted by atomic mass is 16.5. The number of rotatable bonds is 4. The van der Waals surface area contributed by atoms with Gasteiger partial charge >= 0.3 is 11.7 Å². The molecule has 6 nitrogen and oxygen atoms in total. The zero-order valence-electron chi connectivity index (χ0n) is 10.0. The second-order valence-corrected chi connectivity index (χ2v) is 3.89. The number of hydrogen-bond donors (Lipinski definition) is 1. The smallest absolute Gasteiger partial charge is 0.420 e. The van der Waals surface area contributed by atoms with Crippen molar-refractivity contribution >= 4 is 22.8 Å². The third-order valence-corrected chi connectivity index (χ3v) is 2.71. The van der Waals surface area contributed by atoms with E-state index in [4.69, 9.17) is 10.2 Å². The number of methoxy groups -OCH3 is 1. The molecular weight excluding hydrogens is 236 g/mol. The van der Waals surface area contributed by atoms with Crippen molar-refractivity contribution in [2.45, 2.75) is 19.4 Å². The van der Waals surface area contributed by atoms with Gasteiger partial charge < -0.3 is 14.9 Å². The number of esters is 1. The molecule has 0 spiro atoms. The Morgan fingerprint density at radius 1 is 1.50 bits per heavy atom. The molecule has 6 heteroatoms. The lowest BCUT2D eigenvalue weighted by Gasteiger charge is -2.03. The van der Waals surface area contributed by atoms with E-state index < -0.39 is 5.76 Å². The zero-order valence-corrected chi connectivity index (χ0v) is 10.0. The van der Waals surface area contributed by atoms with Crippen LogP contribution < -0.4 is 11.5 Å².